The van der Waals surface area contributed by atoms with E-state index >= 15 is 0 Å². The molecule has 2 aromatic heterocycles. The van der Waals surface area contributed by atoms with Crippen LogP contribution in [-0.2, 0) is 6.61 Å². The second-order valence-corrected chi connectivity index (χ2v) is 6.96. The minimum Gasteiger partial charge on any atom is -0.489 e. The van der Waals surface area contributed by atoms with Crippen molar-refractivity contribution in [2.75, 3.05) is 0 Å². The van der Waals surface area contributed by atoms with Gasteiger partial charge in [-0.15, -0.1) is 0 Å². The SMILES string of the molecule is Cc1nn2c(=O)/c(=C/c3ccc(OCc4ccccc4)cc3)sc2nc1=O. The number of nitrogens with zero attached hydrogens (tertiary/aromatic N) is 3. The predicted octanol–water partition coefficient (Wildman–Crippen LogP) is 1.95. The summed E-state index contributed by atoms with van der Waals surface area (Å²) >= 11 is 1.14. The van der Waals surface area contributed by atoms with Crippen molar-refractivity contribution in [3.63, 3.8) is 0 Å². The number of ether oxygens (including phenoxy) is 1. The van der Waals surface area contributed by atoms with Gasteiger partial charge in [-0.1, -0.05) is 53.8 Å². The number of aryl methyl sites for hydroxylation is 1. The van der Waals surface area contributed by atoms with Crippen LogP contribution in [0.3, 0.4) is 0 Å². The Labute approximate surface area is 158 Å². The molecule has 0 aliphatic heterocycles. The lowest BCUT2D eigenvalue weighted by Gasteiger charge is -2.06. The molecule has 0 spiro atoms. The highest BCUT2D eigenvalue weighted by molar-refractivity contribution is 7.15. The molecule has 2 aromatic carbocycles. The molecule has 27 heavy (non-hydrogen) atoms. The molecular formula is C20H15N3O3S. The maximum Gasteiger partial charge on any atom is 0.295 e. The smallest absolute Gasteiger partial charge is 0.295 e. The van der Waals surface area contributed by atoms with Crippen LogP contribution in [0.4, 0.5) is 0 Å². The zero-order valence-corrected chi connectivity index (χ0v) is 15.3. The molecule has 0 N–H and O–H groups in total. The van der Waals surface area contributed by atoms with E-state index in [-0.39, 0.29) is 11.3 Å². The molecule has 134 valence electrons. The van der Waals surface area contributed by atoms with Crippen LogP contribution < -0.4 is 20.4 Å². The van der Waals surface area contributed by atoms with Crippen molar-refractivity contribution in [1.82, 2.24) is 14.6 Å². The van der Waals surface area contributed by atoms with E-state index in [1.54, 1.807) is 6.08 Å². The third-order valence-corrected chi connectivity index (χ3v) is 4.93. The summed E-state index contributed by atoms with van der Waals surface area (Å²) < 4.78 is 7.41. The van der Waals surface area contributed by atoms with Gasteiger partial charge in [-0.05, 0) is 36.3 Å². The van der Waals surface area contributed by atoms with Crippen LogP contribution in [0.2, 0.25) is 0 Å². The molecule has 6 nitrogen and oxygen atoms in total. The van der Waals surface area contributed by atoms with Crippen LogP contribution >= 0.6 is 11.3 Å². The van der Waals surface area contributed by atoms with E-state index in [0.717, 1.165) is 28.2 Å². The van der Waals surface area contributed by atoms with Gasteiger partial charge in [0.05, 0.1) is 4.53 Å². The fourth-order valence-corrected chi connectivity index (χ4v) is 3.44. The molecule has 0 bridgehead atoms. The van der Waals surface area contributed by atoms with Crippen molar-refractivity contribution < 1.29 is 4.74 Å². The first kappa shape index (κ1) is 17.1. The fourth-order valence-electron chi connectivity index (χ4n) is 2.54. The molecule has 0 unspecified atom stereocenters. The fraction of sp³-hybridized carbons (Fsp3) is 0.100. The summed E-state index contributed by atoms with van der Waals surface area (Å²) in [5, 5.41) is 4.00. The van der Waals surface area contributed by atoms with Gasteiger partial charge in [-0.25, -0.2) is 0 Å². The maximum absolute atomic E-state index is 12.4. The second kappa shape index (κ2) is 7.13. The molecular weight excluding hydrogens is 362 g/mol. The van der Waals surface area contributed by atoms with Crippen molar-refractivity contribution in [1.29, 1.82) is 0 Å². The van der Waals surface area contributed by atoms with Gasteiger partial charge < -0.3 is 4.74 Å². The first-order chi connectivity index (χ1) is 13.1. The molecule has 0 amide bonds. The van der Waals surface area contributed by atoms with Crippen LogP contribution in [0.25, 0.3) is 11.0 Å². The quantitative estimate of drug-likeness (QED) is 0.543. The van der Waals surface area contributed by atoms with Crippen molar-refractivity contribution >= 4 is 22.4 Å². The zero-order valence-electron chi connectivity index (χ0n) is 14.5. The molecule has 0 fully saturated rings. The number of fused-ring (bicyclic) bond motifs is 1. The van der Waals surface area contributed by atoms with Gasteiger partial charge in [-0.2, -0.15) is 14.6 Å². The normalized spacial score (nSPS) is 11.8. The Hall–Kier alpha value is -3.32. The second-order valence-electron chi connectivity index (χ2n) is 5.96. The number of rotatable bonds is 4. The molecule has 0 atom stereocenters. The lowest BCUT2D eigenvalue weighted by Crippen LogP contribution is -2.27. The summed E-state index contributed by atoms with van der Waals surface area (Å²) in [6, 6.07) is 17.4. The van der Waals surface area contributed by atoms with E-state index in [9.17, 15) is 9.59 Å². The average Bonchev–Trinajstić information content (AvgIpc) is 2.97. The lowest BCUT2D eigenvalue weighted by molar-refractivity contribution is 0.306. The van der Waals surface area contributed by atoms with Crippen molar-refractivity contribution in [2.45, 2.75) is 13.5 Å². The van der Waals surface area contributed by atoms with Crippen LogP contribution in [0, 0.1) is 6.92 Å². The first-order valence-electron chi connectivity index (χ1n) is 8.29. The minimum atomic E-state index is -0.414. The lowest BCUT2D eigenvalue weighted by atomic mass is 10.2. The standard InChI is InChI=1S/C20H15N3O3S/c1-13-18(24)21-20-23(22-13)19(25)17(27-20)11-14-7-9-16(10-8-14)26-12-15-5-3-2-4-6-15/h2-11H,12H2,1H3/b17-11-. The molecule has 0 radical (unpaired) electrons. The van der Waals surface area contributed by atoms with E-state index in [0.29, 0.717) is 16.1 Å². The van der Waals surface area contributed by atoms with Crippen molar-refractivity contribution in [3.05, 3.63) is 96.7 Å². The molecule has 0 saturated carbocycles. The molecule has 4 aromatic rings. The monoisotopic (exact) mass is 377 g/mol. The summed E-state index contributed by atoms with van der Waals surface area (Å²) in [6.07, 6.45) is 1.75. The summed E-state index contributed by atoms with van der Waals surface area (Å²) in [7, 11) is 0. The summed E-state index contributed by atoms with van der Waals surface area (Å²) in [5.74, 6) is 0.749. The van der Waals surface area contributed by atoms with Gasteiger partial charge in [0.2, 0.25) is 4.96 Å². The van der Waals surface area contributed by atoms with Gasteiger partial charge >= 0.3 is 0 Å². The zero-order chi connectivity index (χ0) is 18.8. The molecule has 4 rings (SSSR count). The van der Waals surface area contributed by atoms with Crippen molar-refractivity contribution in [3.8, 4) is 5.75 Å². The Bertz CT molecular complexity index is 1260. The number of hydrogen-bond donors (Lipinski definition) is 0. The largest absolute Gasteiger partial charge is 0.489 e. The summed E-state index contributed by atoms with van der Waals surface area (Å²) in [6.45, 7) is 2.03. The Kier molecular flexibility index (Phi) is 4.52. The maximum atomic E-state index is 12.4. The third-order valence-electron chi connectivity index (χ3n) is 3.97. The van der Waals surface area contributed by atoms with E-state index < -0.39 is 5.56 Å². The first-order valence-corrected chi connectivity index (χ1v) is 9.11. The molecule has 0 saturated heterocycles. The van der Waals surface area contributed by atoms with Gasteiger partial charge in [0.25, 0.3) is 11.1 Å². The minimum absolute atomic E-state index is 0.203. The van der Waals surface area contributed by atoms with Crippen LogP contribution in [0.15, 0.2) is 64.2 Å². The predicted molar refractivity (Wildman–Crippen MR) is 104 cm³/mol. The Morgan fingerprint density at radius 2 is 1.81 bits per heavy atom. The summed E-state index contributed by atoms with van der Waals surface area (Å²) in [5.41, 5.74) is 1.46. The highest BCUT2D eigenvalue weighted by Gasteiger charge is 2.08. The third kappa shape index (κ3) is 3.63. The Morgan fingerprint density at radius 3 is 2.56 bits per heavy atom. The molecule has 2 heterocycles. The van der Waals surface area contributed by atoms with E-state index in [1.165, 1.54) is 11.4 Å². The van der Waals surface area contributed by atoms with Crippen LogP contribution in [0.5, 0.6) is 5.75 Å². The highest BCUT2D eigenvalue weighted by Crippen LogP contribution is 2.14. The Balaban J connectivity index is 1.59. The molecule has 7 heteroatoms. The summed E-state index contributed by atoms with van der Waals surface area (Å²) in [4.78, 5) is 28.2. The van der Waals surface area contributed by atoms with Gasteiger partial charge in [-0.3, -0.25) is 9.59 Å². The average molecular weight is 377 g/mol. The van der Waals surface area contributed by atoms with E-state index in [1.807, 2.05) is 54.6 Å². The topological polar surface area (TPSA) is 73.6 Å². The van der Waals surface area contributed by atoms with Gasteiger partial charge in [0, 0.05) is 0 Å². The number of thiazole rings is 1. The number of aromatic nitrogens is 3. The Morgan fingerprint density at radius 1 is 1.07 bits per heavy atom. The molecule has 0 aliphatic rings. The molecule has 0 aliphatic carbocycles. The van der Waals surface area contributed by atoms with Crippen molar-refractivity contribution in [2.24, 2.45) is 0 Å². The van der Waals surface area contributed by atoms with E-state index in [4.69, 9.17) is 4.74 Å². The number of hydrogen-bond acceptors (Lipinski definition) is 6. The van der Waals surface area contributed by atoms with Gasteiger partial charge in [0.15, 0.2) is 0 Å². The number of benzene rings is 2. The van der Waals surface area contributed by atoms with Gasteiger partial charge in [0.1, 0.15) is 18.1 Å². The van der Waals surface area contributed by atoms with Crippen LogP contribution in [-0.4, -0.2) is 14.6 Å². The highest BCUT2D eigenvalue weighted by atomic mass is 32.1. The van der Waals surface area contributed by atoms with E-state index in [2.05, 4.69) is 10.1 Å². The van der Waals surface area contributed by atoms with Crippen LogP contribution in [0.1, 0.15) is 16.8 Å².